The standard InChI is InChI=1S/C34H28N.W/c1-3-9-29-28(7-1)33-25(22-12-13-27-26-6-2-4-11-31(26)35-32(27)19-22)8-5-10-30(33)34(29)23-15-20-14-21(17-23)18-24(34)16-20;/h1-13,19-21,23-24H,14-18H2;/q-1;. The van der Waals surface area contributed by atoms with Gasteiger partial charge in [0, 0.05) is 26.5 Å². The Bertz CT molecular complexity index is 1650. The van der Waals surface area contributed by atoms with Crippen molar-refractivity contribution in [3.63, 3.8) is 0 Å². The molecular weight excluding hydrogens is 606 g/mol. The maximum Gasteiger partial charge on any atom is 0.0272 e. The van der Waals surface area contributed by atoms with Crippen LogP contribution in [0.5, 0.6) is 0 Å². The minimum atomic E-state index is 0. The van der Waals surface area contributed by atoms with E-state index < -0.39 is 0 Å². The number of aromatic nitrogens is 1. The maximum atomic E-state index is 4.98. The van der Waals surface area contributed by atoms with Crippen molar-refractivity contribution in [2.75, 3.05) is 0 Å². The Hall–Kier alpha value is -2.63. The number of para-hydroxylation sites is 1. The fourth-order valence-corrected chi connectivity index (χ4v) is 9.39. The summed E-state index contributed by atoms with van der Waals surface area (Å²) >= 11 is 0. The Labute approximate surface area is 226 Å². The Morgan fingerprint density at radius 1 is 0.583 bits per heavy atom. The molecule has 5 aliphatic carbocycles. The predicted octanol–water partition coefficient (Wildman–Crippen LogP) is 8.34. The van der Waals surface area contributed by atoms with Gasteiger partial charge in [0.15, 0.2) is 0 Å². The van der Waals surface area contributed by atoms with Crippen molar-refractivity contribution in [1.82, 2.24) is 4.98 Å². The Balaban J connectivity index is 0.00000205. The smallest absolute Gasteiger partial charge is 0.0272 e. The van der Waals surface area contributed by atoms with Gasteiger partial charge in [0.05, 0.1) is 0 Å². The molecule has 1 spiro atoms. The Morgan fingerprint density at radius 3 is 2.08 bits per heavy atom. The molecule has 4 aromatic carbocycles. The Morgan fingerprint density at radius 2 is 1.25 bits per heavy atom. The van der Waals surface area contributed by atoms with E-state index in [1.54, 1.807) is 11.1 Å². The van der Waals surface area contributed by atoms with Gasteiger partial charge in [0.25, 0.3) is 0 Å². The third-order valence-electron chi connectivity index (χ3n) is 10.3. The number of benzene rings is 4. The molecule has 1 heterocycles. The fraction of sp³-hybridized carbons (Fsp3) is 0.294. The zero-order chi connectivity index (χ0) is 22.7. The van der Waals surface area contributed by atoms with E-state index in [-0.39, 0.29) is 26.5 Å². The van der Waals surface area contributed by atoms with Crippen LogP contribution in [0.2, 0.25) is 0 Å². The summed E-state index contributed by atoms with van der Waals surface area (Å²) in [5, 5.41) is 2.51. The summed E-state index contributed by atoms with van der Waals surface area (Å²) in [5.41, 5.74) is 11.4. The van der Waals surface area contributed by atoms with Crippen LogP contribution in [0.25, 0.3) is 44.1 Å². The number of hydrogen-bond donors (Lipinski definition) is 0. The van der Waals surface area contributed by atoms with E-state index in [0.29, 0.717) is 0 Å². The largest absolute Gasteiger partial charge is 0.657 e. The third kappa shape index (κ3) is 2.56. The molecule has 0 amide bonds. The van der Waals surface area contributed by atoms with E-state index in [9.17, 15) is 0 Å². The second-order valence-electron chi connectivity index (χ2n) is 11.8. The maximum absolute atomic E-state index is 4.98. The summed E-state index contributed by atoms with van der Waals surface area (Å²) < 4.78 is 0. The van der Waals surface area contributed by atoms with Crippen LogP contribution in [0.15, 0.2) is 84.9 Å². The van der Waals surface area contributed by atoms with Crippen LogP contribution in [0.4, 0.5) is 0 Å². The van der Waals surface area contributed by atoms with Gasteiger partial charge >= 0.3 is 0 Å². The molecule has 10 rings (SSSR count). The molecule has 0 atom stereocenters. The molecule has 176 valence electrons. The number of nitrogens with zero attached hydrogens (tertiary/aromatic N) is 1. The average molecular weight is 634 g/mol. The van der Waals surface area contributed by atoms with E-state index in [2.05, 4.69) is 84.9 Å². The summed E-state index contributed by atoms with van der Waals surface area (Å²) in [6.07, 6.45) is 7.22. The molecule has 0 N–H and O–H groups in total. The molecule has 1 aromatic heterocycles. The minimum Gasteiger partial charge on any atom is -0.657 e. The van der Waals surface area contributed by atoms with Crippen LogP contribution < -0.4 is 4.98 Å². The summed E-state index contributed by atoms with van der Waals surface area (Å²) in [6.45, 7) is 0. The van der Waals surface area contributed by atoms with Gasteiger partial charge in [-0.2, -0.15) is 0 Å². The van der Waals surface area contributed by atoms with Crippen LogP contribution >= 0.6 is 0 Å². The van der Waals surface area contributed by atoms with Gasteiger partial charge in [0.2, 0.25) is 0 Å². The summed E-state index contributed by atoms with van der Waals surface area (Å²) in [7, 11) is 0. The first-order chi connectivity index (χ1) is 17.3. The van der Waals surface area contributed by atoms with E-state index in [1.807, 2.05) is 0 Å². The quantitative estimate of drug-likeness (QED) is 0.181. The second kappa shape index (κ2) is 7.45. The third-order valence-corrected chi connectivity index (χ3v) is 10.3. The second-order valence-corrected chi connectivity index (χ2v) is 11.8. The SMILES string of the molecule is [W].c1ccc2c(c1)-c1c(-c3ccc4c(c3)[n-]c3ccccc34)cccc1C21C2CC3CC(C2)CC1C3. The van der Waals surface area contributed by atoms with E-state index in [4.69, 9.17) is 4.98 Å². The summed E-state index contributed by atoms with van der Waals surface area (Å²) in [6, 6.07) is 32.1. The van der Waals surface area contributed by atoms with Crippen LogP contribution in [0.1, 0.15) is 43.2 Å². The van der Waals surface area contributed by atoms with E-state index in [0.717, 1.165) is 34.7 Å². The molecule has 0 aliphatic heterocycles. The van der Waals surface area contributed by atoms with Crippen molar-refractivity contribution in [3.8, 4) is 22.3 Å². The molecule has 5 aromatic rings. The minimum absolute atomic E-state index is 0. The van der Waals surface area contributed by atoms with Crippen molar-refractivity contribution < 1.29 is 21.1 Å². The zero-order valence-electron chi connectivity index (χ0n) is 20.3. The zero-order valence-corrected chi connectivity index (χ0v) is 23.2. The van der Waals surface area contributed by atoms with Crippen LogP contribution in [-0.2, 0) is 26.5 Å². The first-order valence-corrected chi connectivity index (χ1v) is 13.5. The Kier molecular flexibility index (Phi) is 4.44. The topological polar surface area (TPSA) is 14.1 Å². The first kappa shape index (κ1) is 21.5. The average Bonchev–Trinajstić information content (AvgIpc) is 3.40. The number of rotatable bonds is 1. The molecule has 2 heteroatoms. The van der Waals surface area contributed by atoms with Crippen LogP contribution in [-0.4, -0.2) is 0 Å². The molecule has 5 aliphatic rings. The van der Waals surface area contributed by atoms with Gasteiger partial charge in [0.1, 0.15) is 0 Å². The summed E-state index contributed by atoms with van der Waals surface area (Å²) in [4.78, 5) is 4.98. The molecular formula is C34H28NW-. The van der Waals surface area contributed by atoms with Gasteiger partial charge in [-0.1, -0.05) is 84.9 Å². The molecule has 0 radical (unpaired) electrons. The van der Waals surface area contributed by atoms with E-state index >= 15 is 0 Å². The first-order valence-electron chi connectivity index (χ1n) is 13.5. The van der Waals surface area contributed by atoms with Crippen LogP contribution in [0, 0.1) is 23.7 Å². The van der Waals surface area contributed by atoms with Crippen LogP contribution in [0.3, 0.4) is 0 Å². The fourth-order valence-electron chi connectivity index (χ4n) is 9.39. The predicted molar refractivity (Wildman–Crippen MR) is 143 cm³/mol. The molecule has 4 saturated carbocycles. The van der Waals surface area contributed by atoms with Gasteiger partial charge in [-0.05, 0) is 99.9 Å². The molecule has 4 fully saturated rings. The molecule has 4 bridgehead atoms. The van der Waals surface area contributed by atoms with Crippen molar-refractivity contribution in [2.45, 2.75) is 37.5 Å². The molecule has 36 heavy (non-hydrogen) atoms. The van der Waals surface area contributed by atoms with Crippen molar-refractivity contribution >= 4 is 21.8 Å². The van der Waals surface area contributed by atoms with Crippen molar-refractivity contribution in [2.24, 2.45) is 23.7 Å². The summed E-state index contributed by atoms with van der Waals surface area (Å²) in [5.74, 6) is 3.56. The molecule has 0 unspecified atom stereocenters. The normalized spacial score (nSPS) is 29.0. The van der Waals surface area contributed by atoms with Gasteiger partial charge in [-0.3, -0.25) is 0 Å². The molecule has 1 nitrogen and oxygen atoms in total. The van der Waals surface area contributed by atoms with Gasteiger partial charge < -0.3 is 4.98 Å². The number of fused-ring (bicyclic) bond motifs is 6. The van der Waals surface area contributed by atoms with Crippen molar-refractivity contribution in [1.29, 1.82) is 0 Å². The number of hydrogen-bond acceptors (Lipinski definition) is 0. The van der Waals surface area contributed by atoms with E-state index in [1.165, 1.54) is 65.1 Å². The monoisotopic (exact) mass is 634 g/mol. The van der Waals surface area contributed by atoms with Gasteiger partial charge in [-0.25, -0.2) is 0 Å². The van der Waals surface area contributed by atoms with Gasteiger partial charge in [-0.15, -0.1) is 11.0 Å². The molecule has 0 saturated heterocycles. The van der Waals surface area contributed by atoms with Crippen molar-refractivity contribution in [3.05, 3.63) is 96.1 Å².